The average Bonchev–Trinajstić information content (AvgIpc) is 3.04. The van der Waals surface area contributed by atoms with Gasteiger partial charge in [0, 0.05) is 31.7 Å². The summed E-state index contributed by atoms with van der Waals surface area (Å²) in [4.78, 5) is 28.6. The topological polar surface area (TPSA) is 49.9 Å². The summed E-state index contributed by atoms with van der Waals surface area (Å²) in [5.41, 5.74) is 0.630. The Kier molecular flexibility index (Phi) is 5.89. The van der Waals surface area contributed by atoms with E-state index in [1.54, 1.807) is 17.0 Å². The van der Waals surface area contributed by atoms with Crippen molar-refractivity contribution in [1.29, 1.82) is 0 Å². The largest absolute Gasteiger partial charge is 0.368 e. The molecule has 2 atom stereocenters. The number of hydrogen-bond acceptors (Lipinski definition) is 3. The molecule has 0 saturated carbocycles. The molecule has 26 heavy (non-hydrogen) atoms. The van der Waals surface area contributed by atoms with Crippen LogP contribution in [0.5, 0.6) is 0 Å². The quantitative estimate of drug-likeness (QED) is 0.598. The minimum absolute atomic E-state index is 0.0182. The lowest BCUT2D eigenvalue weighted by Crippen LogP contribution is -2.44. The minimum atomic E-state index is -0.349. The molecular formula is C20H23FN2O3. The van der Waals surface area contributed by atoms with Crippen LogP contribution < -0.4 is 4.90 Å². The number of hydrogen-bond donors (Lipinski definition) is 0. The lowest BCUT2D eigenvalue weighted by Gasteiger charge is -2.34. The molecule has 0 radical (unpaired) electrons. The molecule has 6 heteroatoms. The average molecular weight is 358 g/mol. The number of carbonyl (C=O) groups excluding carboxylic acids is 2. The molecular weight excluding hydrogens is 335 g/mol. The van der Waals surface area contributed by atoms with Gasteiger partial charge in [-0.2, -0.15) is 0 Å². The fourth-order valence-electron chi connectivity index (χ4n) is 3.69. The van der Waals surface area contributed by atoms with E-state index in [-0.39, 0.29) is 42.5 Å². The second kappa shape index (κ2) is 8.33. The van der Waals surface area contributed by atoms with E-state index in [0.717, 1.165) is 12.8 Å². The zero-order valence-corrected chi connectivity index (χ0v) is 14.7. The second-order valence-corrected chi connectivity index (χ2v) is 6.89. The predicted octanol–water partition coefficient (Wildman–Crippen LogP) is 2.07. The Balaban J connectivity index is 1.59. The van der Waals surface area contributed by atoms with Crippen molar-refractivity contribution in [3.63, 3.8) is 0 Å². The zero-order valence-electron chi connectivity index (χ0n) is 14.7. The maximum atomic E-state index is 13.1. The normalized spacial score (nSPS) is 23.2. The van der Waals surface area contributed by atoms with Gasteiger partial charge in [-0.25, -0.2) is 4.39 Å². The number of halogens is 1. The van der Waals surface area contributed by atoms with Gasteiger partial charge in [0.2, 0.25) is 11.8 Å². The van der Waals surface area contributed by atoms with Gasteiger partial charge in [-0.05, 0) is 43.0 Å². The van der Waals surface area contributed by atoms with Crippen LogP contribution in [0.1, 0.15) is 19.3 Å². The SMILES string of the molecule is C#CCOCC1CCCN(C(=O)C2CC(=O)N(c3ccc(F)cc3)C2)C1. The summed E-state index contributed by atoms with van der Waals surface area (Å²) in [7, 11) is 0. The first-order valence-electron chi connectivity index (χ1n) is 8.94. The van der Waals surface area contributed by atoms with Crippen molar-refractivity contribution in [2.45, 2.75) is 19.3 Å². The van der Waals surface area contributed by atoms with Crippen LogP contribution in [0.25, 0.3) is 0 Å². The molecule has 0 aliphatic carbocycles. The van der Waals surface area contributed by atoms with E-state index in [9.17, 15) is 14.0 Å². The molecule has 138 valence electrons. The molecule has 0 aromatic heterocycles. The highest BCUT2D eigenvalue weighted by Crippen LogP contribution is 2.28. The van der Waals surface area contributed by atoms with Crippen LogP contribution in [-0.4, -0.2) is 49.6 Å². The van der Waals surface area contributed by atoms with Gasteiger partial charge in [0.05, 0.1) is 12.5 Å². The fourth-order valence-corrected chi connectivity index (χ4v) is 3.69. The van der Waals surface area contributed by atoms with Crippen LogP contribution in [0.15, 0.2) is 24.3 Å². The zero-order chi connectivity index (χ0) is 18.5. The molecule has 2 fully saturated rings. The van der Waals surface area contributed by atoms with Crippen molar-refractivity contribution < 1.29 is 18.7 Å². The number of ether oxygens (including phenoxy) is 1. The number of carbonyl (C=O) groups is 2. The van der Waals surface area contributed by atoms with Crippen LogP contribution in [0, 0.1) is 30.0 Å². The summed E-state index contributed by atoms with van der Waals surface area (Å²) in [5.74, 6) is 1.95. The molecule has 2 amide bonds. The third-order valence-corrected chi connectivity index (χ3v) is 4.98. The molecule has 3 rings (SSSR count). The van der Waals surface area contributed by atoms with E-state index in [1.165, 1.54) is 12.1 Å². The monoisotopic (exact) mass is 358 g/mol. The molecule has 0 spiro atoms. The number of benzene rings is 1. The first kappa shape index (κ1) is 18.4. The van der Waals surface area contributed by atoms with Crippen LogP contribution in [0.2, 0.25) is 0 Å². The van der Waals surface area contributed by atoms with Crippen molar-refractivity contribution in [1.82, 2.24) is 4.90 Å². The predicted molar refractivity (Wildman–Crippen MR) is 95.8 cm³/mol. The first-order chi connectivity index (χ1) is 12.6. The Morgan fingerprint density at radius 1 is 1.31 bits per heavy atom. The van der Waals surface area contributed by atoms with Gasteiger partial charge in [-0.3, -0.25) is 9.59 Å². The van der Waals surface area contributed by atoms with Gasteiger partial charge in [-0.1, -0.05) is 5.92 Å². The van der Waals surface area contributed by atoms with Gasteiger partial charge < -0.3 is 14.5 Å². The maximum absolute atomic E-state index is 13.1. The molecule has 1 aromatic carbocycles. The van der Waals surface area contributed by atoms with Crippen molar-refractivity contribution in [2.75, 3.05) is 37.7 Å². The molecule has 5 nitrogen and oxygen atoms in total. The summed E-state index contributed by atoms with van der Waals surface area (Å²) >= 11 is 0. The number of nitrogens with zero attached hydrogens (tertiary/aromatic N) is 2. The van der Waals surface area contributed by atoms with Crippen LogP contribution in [0.4, 0.5) is 10.1 Å². The highest BCUT2D eigenvalue weighted by Gasteiger charge is 2.38. The second-order valence-electron chi connectivity index (χ2n) is 6.89. The van der Waals surface area contributed by atoms with E-state index in [4.69, 9.17) is 11.2 Å². The Morgan fingerprint density at radius 2 is 2.08 bits per heavy atom. The Hall–Kier alpha value is -2.39. The number of piperidine rings is 1. The van der Waals surface area contributed by atoms with Gasteiger partial charge in [0.25, 0.3) is 0 Å². The molecule has 2 heterocycles. The van der Waals surface area contributed by atoms with Crippen LogP contribution >= 0.6 is 0 Å². The van der Waals surface area contributed by atoms with E-state index in [1.807, 2.05) is 4.90 Å². The summed E-state index contributed by atoms with van der Waals surface area (Å²) in [6.07, 6.45) is 7.33. The number of likely N-dealkylation sites (tertiary alicyclic amines) is 1. The lowest BCUT2D eigenvalue weighted by molar-refractivity contribution is -0.138. The van der Waals surface area contributed by atoms with Crippen LogP contribution in [-0.2, 0) is 14.3 Å². The van der Waals surface area contributed by atoms with Gasteiger partial charge >= 0.3 is 0 Å². The summed E-state index contributed by atoms with van der Waals surface area (Å²) in [5, 5.41) is 0. The molecule has 2 unspecified atom stereocenters. The van der Waals surface area contributed by atoms with Gasteiger partial charge in [-0.15, -0.1) is 6.42 Å². The molecule has 0 bridgehead atoms. The first-order valence-corrected chi connectivity index (χ1v) is 8.94. The van der Waals surface area contributed by atoms with Crippen LogP contribution in [0.3, 0.4) is 0 Å². The number of anilines is 1. The molecule has 2 aliphatic rings. The number of rotatable bonds is 5. The van der Waals surface area contributed by atoms with Crippen molar-refractivity contribution in [3.8, 4) is 12.3 Å². The Labute approximate surface area is 153 Å². The highest BCUT2D eigenvalue weighted by atomic mass is 19.1. The third-order valence-electron chi connectivity index (χ3n) is 4.98. The standard InChI is InChI=1S/C20H23FN2O3/c1-2-10-26-14-15-4-3-9-22(12-15)20(25)16-11-19(24)23(13-16)18-7-5-17(21)6-8-18/h1,5-8,15-16H,3-4,9-14H2. The Bertz CT molecular complexity index is 698. The van der Waals surface area contributed by atoms with E-state index in [2.05, 4.69) is 5.92 Å². The lowest BCUT2D eigenvalue weighted by atomic mass is 9.97. The van der Waals surface area contributed by atoms with Gasteiger partial charge in [0.15, 0.2) is 0 Å². The van der Waals surface area contributed by atoms with E-state index in [0.29, 0.717) is 31.9 Å². The minimum Gasteiger partial charge on any atom is -0.368 e. The molecule has 2 aliphatic heterocycles. The number of amides is 2. The Morgan fingerprint density at radius 3 is 2.81 bits per heavy atom. The highest BCUT2D eigenvalue weighted by molar-refractivity contribution is 6.00. The summed E-state index contributed by atoms with van der Waals surface area (Å²) < 4.78 is 18.5. The molecule has 1 aromatic rings. The third kappa shape index (κ3) is 4.23. The fraction of sp³-hybridized carbons (Fsp3) is 0.500. The summed E-state index contributed by atoms with van der Waals surface area (Å²) in [6, 6.07) is 5.78. The maximum Gasteiger partial charge on any atom is 0.228 e. The van der Waals surface area contributed by atoms with Crippen molar-refractivity contribution >= 4 is 17.5 Å². The summed E-state index contributed by atoms with van der Waals surface area (Å²) in [6.45, 7) is 2.54. The van der Waals surface area contributed by atoms with E-state index >= 15 is 0 Å². The number of terminal acetylenes is 1. The van der Waals surface area contributed by atoms with Gasteiger partial charge in [0.1, 0.15) is 12.4 Å². The smallest absolute Gasteiger partial charge is 0.228 e. The van der Waals surface area contributed by atoms with Crippen molar-refractivity contribution in [2.24, 2.45) is 11.8 Å². The molecule has 2 saturated heterocycles. The molecule has 0 N–H and O–H groups in total. The van der Waals surface area contributed by atoms with E-state index < -0.39 is 0 Å². The van der Waals surface area contributed by atoms with Crippen molar-refractivity contribution in [3.05, 3.63) is 30.1 Å².